The van der Waals surface area contributed by atoms with Crippen LogP contribution in [0.4, 0.5) is 4.39 Å². The molecule has 0 spiro atoms. The van der Waals surface area contributed by atoms with Crippen LogP contribution in [0.25, 0.3) is 0 Å². The quantitative estimate of drug-likeness (QED) is 0.486. The molecular weight excluding hydrogens is 162 g/mol. The van der Waals surface area contributed by atoms with E-state index in [0.29, 0.717) is 5.03 Å². The minimum Gasteiger partial charge on any atom is -0.221 e. The van der Waals surface area contributed by atoms with Crippen molar-refractivity contribution in [1.82, 2.24) is 0 Å². The first-order valence-electron chi connectivity index (χ1n) is 2.52. The van der Waals surface area contributed by atoms with Crippen molar-refractivity contribution in [3.63, 3.8) is 0 Å². The predicted octanol–water partition coefficient (Wildman–Crippen LogP) is 2.97. The van der Waals surface area contributed by atoms with Gasteiger partial charge in [-0.15, -0.1) is 0 Å². The second-order valence-corrected chi connectivity index (χ2v) is 3.02. The summed E-state index contributed by atoms with van der Waals surface area (Å²) in [5.41, 5.74) is 0. The van der Waals surface area contributed by atoms with Crippen LogP contribution < -0.4 is 0 Å². The summed E-state index contributed by atoms with van der Waals surface area (Å²) in [5, 5.41) is -1.30. The summed E-state index contributed by atoms with van der Waals surface area (Å²) < 4.78 is 12.7. The first-order valence-corrected chi connectivity index (χ1v) is 3.27. The number of alkyl halides is 2. The summed E-state index contributed by atoms with van der Waals surface area (Å²) in [7, 11) is 0. The maximum absolute atomic E-state index is 12.7. The lowest BCUT2D eigenvalue weighted by atomic mass is 10.1. The van der Waals surface area contributed by atoms with Gasteiger partial charge in [0.25, 0.3) is 0 Å². The van der Waals surface area contributed by atoms with Crippen LogP contribution >= 0.6 is 23.2 Å². The van der Waals surface area contributed by atoms with Gasteiger partial charge in [-0.2, -0.15) is 0 Å². The van der Waals surface area contributed by atoms with E-state index in [1.807, 2.05) is 0 Å². The lowest BCUT2D eigenvalue weighted by Gasteiger charge is -2.14. The fourth-order valence-corrected chi connectivity index (χ4v) is 1.19. The normalized spacial score (nSPS) is 34.3. The van der Waals surface area contributed by atoms with Gasteiger partial charge in [-0.05, 0) is 12.2 Å². The number of rotatable bonds is 0. The minimum absolute atomic E-state index is 0.0760. The topological polar surface area (TPSA) is 0 Å². The lowest BCUT2D eigenvalue weighted by molar-refractivity contribution is 0.345. The molecule has 0 N–H and O–H groups in total. The van der Waals surface area contributed by atoms with Crippen molar-refractivity contribution in [3.05, 3.63) is 23.3 Å². The van der Waals surface area contributed by atoms with Gasteiger partial charge in [0.2, 0.25) is 5.13 Å². The standard InChI is InChI=1S/C6H5Cl2F/c7-5-2-1-3-6(8,9)4-5/h1-3H,4H2. The highest BCUT2D eigenvalue weighted by Gasteiger charge is 2.25. The Balaban J connectivity index is 2.73. The number of hydrogen-bond donors (Lipinski definition) is 0. The Bertz CT molecular complexity index is 170. The van der Waals surface area contributed by atoms with Crippen LogP contribution in [0.5, 0.6) is 0 Å². The van der Waals surface area contributed by atoms with Crippen LogP contribution in [0.3, 0.4) is 0 Å². The molecule has 0 amide bonds. The largest absolute Gasteiger partial charge is 0.221 e. The average Bonchev–Trinajstić information content (AvgIpc) is 1.60. The van der Waals surface area contributed by atoms with E-state index in [9.17, 15) is 4.39 Å². The Kier molecular flexibility index (Phi) is 1.83. The summed E-state index contributed by atoms with van der Waals surface area (Å²) in [6.07, 6.45) is 4.49. The Labute approximate surface area is 63.0 Å². The zero-order chi connectivity index (χ0) is 6.91. The first-order chi connectivity index (χ1) is 4.10. The van der Waals surface area contributed by atoms with Gasteiger partial charge in [0.05, 0.1) is 0 Å². The summed E-state index contributed by atoms with van der Waals surface area (Å²) in [6.45, 7) is 0. The monoisotopic (exact) mass is 166 g/mol. The lowest BCUT2D eigenvalue weighted by Crippen LogP contribution is -2.11. The van der Waals surface area contributed by atoms with Crippen LogP contribution in [0.2, 0.25) is 0 Å². The van der Waals surface area contributed by atoms with Gasteiger partial charge in [0.1, 0.15) is 0 Å². The molecule has 0 aromatic rings. The van der Waals surface area contributed by atoms with Gasteiger partial charge < -0.3 is 0 Å². The van der Waals surface area contributed by atoms with Gasteiger partial charge in [-0.1, -0.05) is 29.3 Å². The van der Waals surface area contributed by atoms with Crippen molar-refractivity contribution in [3.8, 4) is 0 Å². The third kappa shape index (κ3) is 1.99. The van der Waals surface area contributed by atoms with Gasteiger partial charge in [-0.25, -0.2) is 4.39 Å². The van der Waals surface area contributed by atoms with E-state index in [4.69, 9.17) is 23.2 Å². The van der Waals surface area contributed by atoms with Crippen LogP contribution in [-0.4, -0.2) is 5.13 Å². The Morgan fingerprint density at radius 2 is 2.33 bits per heavy atom. The van der Waals surface area contributed by atoms with Crippen LogP contribution in [0.1, 0.15) is 6.42 Å². The van der Waals surface area contributed by atoms with Crippen molar-refractivity contribution in [1.29, 1.82) is 0 Å². The molecule has 9 heavy (non-hydrogen) atoms. The maximum Gasteiger partial charge on any atom is 0.207 e. The van der Waals surface area contributed by atoms with Crippen molar-refractivity contribution in [2.75, 3.05) is 0 Å². The van der Waals surface area contributed by atoms with E-state index in [0.717, 1.165) is 0 Å². The van der Waals surface area contributed by atoms with Gasteiger partial charge >= 0.3 is 0 Å². The highest BCUT2D eigenvalue weighted by atomic mass is 35.5. The predicted molar refractivity (Wildman–Crippen MR) is 37.4 cm³/mol. The second-order valence-electron chi connectivity index (χ2n) is 1.91. The van der Waals surface area contributed by atoms with E-state index >= 15 is 0 Å². The summed E-state index contributed by atoms with van der Waals surface area (Å²) in [4.78, 5) is 0. The highest BCUT2D eigenvalue weighted by Crippen LogP contribution is 2.32. The molecule has 1 aliphatic carbocycles. The van der Waals surface area contributed by atoms with Crippen molar-refractivity contribution in [2.24, 2.45) is 0 Å². The van der Waals surface area contributed by atoms with E-state index in [-0.39, 0.29) is 6.42 Å². The van der Waals surface area contributed by atoms with Crippen molar-refractivity contribution in [2.45, 2.75) is 11.5 Å². The van der Waals surface area contributed by atoms with E-state index < -0.39 is 5.13 Å². The maximum atomic E-state index is 12.7. The number of halogens is 3. The van der Waals surface area contributed by atoms with Gasteiger partial charge in [0.15, 0.2) is 0 Å². The Morgan fingerprint density at radius 3 is 2.67 bits per heavy atom. The number of hydrogen-bond acceptors (Lipinski definition) is 0. The Morgan fingerprint density at radius 1 is 1.67 bits per heavy atom. The van der Waals surface area contributed by atoms with E-state index in [1.54, 1.807) is 6.08 Å². The molecule has 0 bridgehead atoms. The SMILES string of the molecule is FC1(Cl)C=CC=C(Cl)C1. The second kappa shape index (κ2) is 2.31. The van der Waals surface area contributed by atoms with Crippen LogP contribution in [0, 0.1) is 0 Å². The van der Waals surface area contributed by atoms with Gasteiger partial charge in [0, 0.05) is 11.5 Å². The summed E-state index contributed by atoms with van der Waals surface area (Å²) in [5.74, 6) is 0. The van der Waals surface area contributed by atoms with Crippen LogP contribution in [-0.2, 0) is 0 Å². The molecule has 3 heteroatoms. The van der Waals surface area contributed by atoms with Crippen molar-refractivity contribution >= 4 is 23.2 Å². The molecule has 0 aromatic heterocycles. The zero-order valence-corrected chi connectivity index (χ0v) is 6.08. The van der Waals surface area contributed by atoms with E-state index in [1.165, 1.54) is 12.2 Å². The molecule has 0 radical (unpaired) electrons. The molecule has 0 saturated heterocycles. The fourth-order valence-electron chi connectivity index (χ4n) is 0.636. The molecular formula is C6H5Cl2F. The summed E-state index contributed by atoms with van der Waals surface area (Å²) in [6, 6.07) is 0. The molecule has 1 unspecified atom stereocenters. The van der Waals surface area contributed by atoms with Crippen molar-refractivity contribution < 1.29 is 4.39 Å². The molecule has 1 rings (SSSR count). The first kappa shape index (κ1) is 7.10. The molecule has 0 saturated carbocycles. The fraction of sp³-hybridized carbons (Fsp3) is 0.333. The van der Waals surface area contributed by atoms with E-state index in [2.05, 4.69) is 0 Å². The van der Waals surface area contributed by atoms with Crippen LogP contribution in [0.15, 0.2) is 23.3 Å². The zero-order valence-electron chi connectivity index (χ0n) is 4.57. The third-order valence-corrected chi connectivity index (χ3v) is 1.54. The number of allylic oxidation sites excluding steroid dienone is 4. The molecule has 0 heterocycles. The molecule has 0 aliphatic heterocycles. The molecule has 0 fully saturated rings. The molecule has 0 aromatic carbocycles. The minimum atomic E-state index is -1.76. The molecule has 1 aliphatic rings. The molecule has 50 valence electrons. The molecule has 1 atom stereocenters. The third-order valence-electron chi connectivity index (χ3n) is 1.02. The average molecular weight is 167 g/mol. The smallest absolute Gasteiger partial charge is 0.207 e. The Hall–Kier alpha value is -0.0100. The highest BCUT2D eigenvalue weighted by molar-refractivity contribution is 6.31. The summed E-state index contributed by atoms with van der Waals surface area (Å²) >= 11 is 10.8. The van der Waals surface area contributed by atoms with Gasteiger partial charge in [-0.3, -0.25) is 0 Å². The molecule has 0 nitrogen and oxygen atoms in total.